The first-order chi connectivity index (χ1) is 10.0. The predicted octanol–water partition coefficient (Wildman–Crippen LogP) is 2.39. The molecule has 0 saturated carbocycles. The maximum Gasteiger partial charge on any atom is 0.222 e. The number of nitrogens with one attached hydrogen (secondary N) is 1. The van der Waals surface area contributed by atoms with Crippen LogP contribution in [0.3, 0.4) is 0 Å². The van der Waals surface area contributed by atoms with Gasteiger partial charge >= 0.3 is 0 Å². The third kappa shape index (κ3) is 5.25. The molecule has 2 unspecified atom stereocenters. The number of ether oxygens (including phenoxy) is 1. The largest absolute Gasteiger partial charge is 0.373 e. The van der Waals surface area contributed by atoms with E-state index in [-0.39, 0.29) is 0 Å². The summed E-state index contributed by atoms with van der Waals surface area (Å²) in [5, 5.41) is 3.30. The lowest BCUT2D eigenvalue weighted by molar-refractivity contribution is -0.0681. The fourth-order valence-corrected chi connectivity index (χ4v) is 2.74. The zero-order chi connectivity index (χ0) is 15.2. The molecule has 21 heavy (non-hydrogen) atoms. The summed E-state index contributed by atoms with van der Waals surface area (Å²) >= 11 is 0. The molecule has 0 amide bonds. The van der Waals surface area contributed by atoms with Crippen molar-refractivity contribution >= 4 is 5.95 Å². The van der Waals surface area contributed by atoms with E-state index in [0.29, 0.717) is 12.2 Å². The molecular formula is C16H28N4O. The van der Waals surface area contributed by atoms with Gasteiger partial charge in [-0.15, -0.1) is 0 Å². The number of unbranched alkanes of at least 4 members (excludes halogenated alkanes) is 1. The highest BCUT2D eigenvalue weighted by atomic mass is 16.5. The normalized spacial score (nSPS) is 23.2. The average molecular weight is 292 g/mol. The Morgan fingerprint density at radius 2 is 1.95 bits per heavy atom. The Kier molecular flexibility index (Phi) is 5.94. The first-order valence-corrected chi connectivity index (χ1v) is 7.96. The van der Waals surface area contributed by atoms with Crippen molar-refractivity contribution in [2.75, 3.05) is 31.5 Å². The lowest BCUT2D eigenvalue weighted by Crippen LogP contribution is -2.45. The van der Waals surface area contributed by atoms with Crippen molar-refractivity contribution in [3.63, 3.8) is 0 Å². The van der Waals surface area contributed by atoms with Gasteiger partial charge in [-0.3, -0.25) is 4.90 Å². The Morgan fingerprint density at radius 1 is 1.24 bits per heavy atom. The second-order valence-electron chi connectivity index (χ2n) is 6.11. The van der Waals surface area contributed by atoms with E-state index in [1.165, 1.54) is 6.42 Å². The Morgan fingerprint density at radius 3 is 2.62 bits per heavy atom. The molecule has 1 aromatic heterocycles. The molecule has 2 heterocycles. The molecule has 0 aliphatic carbocycles. The molecule has 1 aromatic rings. The fraction of sp³-hybridized carbons (Fsp3) is 0.750. The minimum absolute atomic E-state index is 0.357. The number of aryl methyl sites for hydroxylation is 2. The lowest BCUT2D eigenvalue weighted by Gasteiger charge is -2.35. The number of aromatic nitrogens is 2. The van der Waals surface area contributed by atoms with E-state index < -0.39 is 0 Å². The fourth-order valence-electron chi connectivity index (χ4n) is 2.74. The number of anilines is 1. The number of hydrogen-bond donors (Lipinski definition) is 1. The van der Waals surface area contributed by atoms with Gasteiger partial charge in [-0.2, -0.15) is 0 Å². The number of rotatable bonds is 6. The highest BCUT2D eigenvalue weighted by molar-refractivity contribution is 5.28. The molecule has 1 N–H and O–H groups in total. The quantitative estimate of drug-likeness (QED) is 0.816. The average Bonchev–Trinajstić information content (AvgIpc) is 2.41. The summed E-state index contributed by atoms with van der Waals surface area (Å²) in [4.78, 5) is 11.2. The van der Waals surface area contributed by atoms with Gasteiger partial charge < -0.3 is 10.1 Å². The molecule has 2 rings (SSSR count). The molecule has 1 saturated heterocycles. The third-order valence-electron chi connectivity index (χ3n) is 3.90. The molecule has 0 radical (unpaired) electrons. The molecule has 1 aliphatic rings. The van der Waals surface area contributed by atoms with Crippen LogP contribution in [0, 0.1) is 13.8 Å². The second-order valence-corrected chi connectivity index (χ2v) is 6.11. The topological polar surface area (TPSA) is 50.3 Å². The highest BCUT2D eigenvalue weighted by Crippen LogP contribution is 2.11. The zero-order valence-electron chi connectivity index (χ0n) is 13.7. The summed E-state index contributed by atoms with van der Waals surface area (Å²) in [5.74, 6) is 0.742. The molecule has 0 bridgehead atoms. The van der Waals surface area contributed by atoms with Crippen molar-refractivity contribution in [2.45, 2.75) is 52.7 Å². The van der Waals surface area contributed by atoms with Gasteiger partial charge in [-0.25, -0.2) is 9.97 Å². The van der Waals surface area contributed by atoms with E-state index in [2.05, 4.69) is 34.0 Å². The van der Waals surface area contributed by atoms with Crippen LogP contribution < -0.4 is 5.32 Å². The Bertz CT molecular complexity index is 442. The summed E-state index contributed by atoms with van der Waals surface area (Å²) < 4.78 is 5.75. The standard InChI is InChI=1S/C16H28N4O/c1-12-9-18-16(19-15(12)4)17-7-5-6-8-20-10-13(2)21-14(3)11-20/h9,13-14H,5-8,10-11H2,1-4H3,(H,17,18,19). The van der Waals surface area contributed by atoms with Crippen molar-refractivity contribution in [3.05, 3.63) is 17.5 Å². The van der Waals surface area contributed by atoms with E-state index in [9.17, 15) is 0 Å². The molecule has 1 aliphatic heterocycles. The van der Waals surface area contributed by atoms with Crippen molar-refractivity contribution in [1.82, 2.24) is 14.9 Å². The van der Waals surface area contributed by atoms with Crippen molar-refractivity contribution < 1.29 is 4.74 Å². The van der Waals surface area contributed by atoms with Crippen LogP contribution in [0.4, 0.5) is 5.95 Å². The summed E-state index contributed by atoms with van der Waals surface area (Å²) in [6.45, 7) is 12.5. The van der Waals surface area contributed by atoms with Crippen LogP contribution in [0.1, 0.15) is 37.9 Å². The number of hydrogen-bond acceptors (Lipinski definition) is 5. The van der Waals surface area contributed by atoms with Gasteiger partial charge in [0.1, 0.15) is 0 Å². The molecule has 118 valence electrons. The van der Waals surface area contributed by atoms with E-state index in [1.807, 2.05) is 20.0 Å². The predicted molar refractivity (Wildman–Crippen MR) is 85.7 cm³/mol. The second kappa shape index (κ2) is 7.71. The smallest absolute Gasteiger partial charge is 0.222 e. The van der Waals surface area contributed by atoms with Crippen molar-refractivity contribution in [2.24, 2.45) is 0 Å². The summed E-state index contributed by atoms with van der Waals surface area (Å²) in [6.07, 6.45) is 4.92. The van der Waals surface area contributed by atoms with E-state index in [1.54, 1.807) is 0 Å². The maximum atomic E-state index is 5.75. The summed E-state index contributed by atoms with van der Waals surface area (Å²) in [5.41, 5.74) is 2.18. The molecular weight excluding hydrogens is 264 g/mol. The van der Waals surface area contributed by atoms with Crippen LogP contribution >= 0.6 is 0 Å². The first-order valence-electron chi connectivity index (χ1n) is 7.96. The van der Waals surface area contributed by atoms with E-state index >= 15 is 0 Å². The highest BCUT2D eigenvalue weighted by Gasteiger charge is 2.21. The van der Waals surface area contributed by atoms with Crippen LogP contribution in [0.2, 0.25) is 0 Å². The van der Waals surface area contributed by atoms with Crippen LogP contribution in [-0.4, -0.2) is 53.3 Å². The van der Waals surface area contributed by atoms with Gasteiger partial charge in [0.25, 0.3) is 0 Å². The monoisotopic (exact) mass is 292 g/mol. The number of morpholine rings is 1. The lowest BCUT2D eigenvalue weighted by atomic mass is 10.2. The summed E-state index contributed by atoms with van der Waals surface area (Å²) in [7, 11) is 0. The Hall–Kier alpha value is -1.20. The minimum atomic E-state index is 0.357. The van der Waals surface area contributed by atoms with Gasteiger partial charge in [-0.05, 0) is 52.6 Å². The first kappa shape index (κ1) is 16.2. The van der Waals surface area contributed by atoms with Crippen LogP contribution in [0.5, 0.6) is 0 Å². The van der Waals surface area contributed by atoms with Crippen LogP contribution in [0.25, 0.3) is 0 Å². The molecule has 1 fully saturated rings. The van der Waals surface area contributed by atoms with Gasteiger partial charge in [-0.1, -0.05) is 0 Å². The zero-order valence-corrected chi connectivity index (χ0v) is 13.7. The SMILES string of the molecule is Cc1cnc(NCCCCN2CC(C)OC(C)C2)nc1C. The van der Waals surface area contributed by atoms with Crippen molar-refractivity contribution in [3.8, 4) is 0 Å². The Balaban J connectivity index is 1.62. The van der Waals surface area contributed by atoms with Gasteiger partial charge in [0.2, 0.25) is 5.95 Å². The van der Waals surface area contributed by atoms with Crippen LogP contribution in [-0.2, 0) is 4.74 Å². The number of nitrogens with zero attached hydrogens (tertiary/aromatic N) is 3. The van der Waals surface area contributed by atoms with E-state index in [0.717, 1.165) is 49.8 Å². The molecule has 5 nitrogen and oxygen atoms in total. The Labute approximate surface area is 128 Å². The maximum absolute atomic E-state index is 5.75. The molecule has 0 aromatic carbocycles. The van der Waals surface area contributed by atoms with Gasteiger partial charge in [0.05, 0.1) is 12.2 Å². The minimum Gasteiger partial charge on any atom is -0.373 e. The summed E-state index contributed by atoms with van der Waals surface area (Å²) in [6, 6.07) is 0. The van der Waals surface area contributed by atoms with Gasteiger partial charge in [0.15, 0.2) is 0 Å². The third-order valence-corrected chi connectivity index (χ3v) is 3.90. The van der Waals surface area contributed by atoms with Crippen molar-refractivity contribution in [1.29, 1.82) is 0 Å². The molecule has 0 spiro atoms. The van der Waals surface area contributed by atoms with E-state index in [4.69, 9.17) is 4.74 Å². The molecule has 5 heteroatoms. The molecule has 2 atom stereocenters. The van der Waals surface area contributed by atoms with Gasteiger partial charge in [0, 0.05) is 31.5 Å². The van der Waals surface area contributed by atoms with Crippen LogP contribution in [0.15, 0.2) is 6.20 Å².